The number of nitriles is 1. The van der Waals surface area contributed by atoms with Crippen LogP contribution < -0.4 is 0 Å². The molecule has 0 bridgehead atoms. The largest absolute Gasteiger partial charge is 0.384 e. The van der Waals surface area contributed by atoms with E-state index in [-0.39, 0.29) is 6.61 Å². The second kappa shape index (κ2) is 8.72. The summed E-state index contributed by atoms with van der Waals surface area (Å²) < 4.78 is 0. The van der Waals surface area contributed by atoms with E-state index < -0.39 is 0 Å². The molecule has 0 saturated carbocycles. The highest BCUT2D eigenvalue weighted by atomic mass is 32.1. The van der Waals surface area contributed by atoms with Crippen molar-refractivity contribution in [1.82, 2.24) is 4.90 Å². The predicted octanol–water partition coefficient (Wildman–Crippen LogP) is 2.46. The standard InChI is InChI=1S/C15H20N2OS/c1-13(2)11-17(8-4-7-16)12-15-14(5-3-9-18)6-10-19-15/h6,10,13,18H,4,8-9,11-12H2,1-2H3. The average molecular weight is 276 g/mol. The topological polar surface area (TPSA) is 47.3 Å². The third-order valence-corrected chi connectivity index (χ3v) is 3.48. The van der Waals surface area contributed by atoms with Crippen molar-refractivity contribution >= 4 is 11.3 Å². The van der Waals surface area contributed by atoms with Gasteiger partial charge in [-0.05, 0) is 17.4 Å². The molecule has 0 aliphatic carbocycles. The molecule has 102 valence electrons. The SMILES string of the molecule is CC(C)CN(CCC#N)Cc1sccc1C#CCO. The van der Waals surface area contributed by atoms with Gasteiger partial charge in [-0.25, -0.2) is 0 Å². The summed E-state index contributed by atoms with van der Waals surface area (Å²) in [7, 11) is 0. The van der Waals surface area contributed by atoms with E-state index in [1.54, 1.807) is 11.3 Å². The normalized spacial score (nSPS) is 10.3. The first-order chi connectivity index (χ1) is 9.17. The van der Waals surface area contributed by atoms with Gasteiger partial charge in [0.05, 0.1) is 6.07 Å². The first-order valence-corrected chi connectivity index (χ1v) is 7.30. The van der Waals surface area contributed by atoms with Crippen LogP contribution in [0.2, 0.25) is 0 Å². The third kappa shape index (κ3) is 5.89. The zero-order chi connectivity index (χ0) is 14.1. The maximum Gasteiger partial charge on any atom is 0.104 e. The van der Waals surface area contributed by atoms with Gasteiger partial charge in [0.2, 0.25) is 0 Å². The molecular weight excluding hydrogens is 256 g/mol. The predicted molar refractivity (Wildman–Crippen MR) is 78.6 cm³/mol. The Morgan fingerprint density at radius 3 is 2.89 bits per heavy atom. The van der Waals surface area contributed by atoms with Gasteiger partial charge in [0.15, 0.2) is 0 Å². The van der Waals surface area contributed by atoms with Crippen molar-refractivity contribution in [2.45, 2.75) is 26.8 Å². The minimum atomic E-state index is -0.112. The van der Waals surface area contributed by atoms with Crippen molar-refractivity contribution in [3.63, 3.8) is 0 Å². The molecule has 0 spiro atoms. The third-order valence-electron chi connectivity index (χ3n) is 2.58. The Hall–Kier alpha value is -1.33. The minimum absolute atomic E-state index is 0.112. The van der Waals surface area contributed by atoms with E-state index >= 15 is 0 Å². The average Bonchev–Trinajstić information content (AvgIpc) is 2.80. The molecule has 0 atom stereocenters. The summed E-state index contributed by atoms with van der Waals surface area (Å²) in [6.07, 6.45) is 0.551. The number of hydrogen-bond acceptors (Lipinski definition) is 4. The highest BCUT2D eigenvalue weighted by Crippen LogP contribution is 2.19. The van der Waals surface area contributed by atoms with Crippen LogP contribution in [0.4, 0.5) is 0 Å². The van der Waals surface area contributed by atoms with E-state index in [1.807, 2.05) is 11.4 Å². The monoisotopic (exact) mass is 276 g/mol. The summed E-state index contributed by atoms with van der Waals surface area (Å²) in [5.41, 5.74) is 0.991. The van der Waals surface area contributed by atoms with Gasteiger partial charge in [0.1, 0.15) is 6.61 Å². The highest BCUT2D eigenvalue weighted by Gasteiger charge is 2.11. The number of rotatable bonds is 6. The van der Waals surface area contributed by atoms with E-state index in [4.69, 9.17) is 10.4 Å². The summed E-state index contributed by atoms with van der Waals surface area (Å²) in [6, 6.07) is 4.19. The van der Waals surface area contributed by atoms with Gasteiger partial charge in [0, 0.05) is 36.5 Å². The van der Waals surface area contributed by atoms with Crippen LogP contribution in [0.15, 0.2) is 11.4 Å². The van der Waals surface area contributed by atoms with Crippen molar-refractivity contribution in [1.29, 1.82) is 5.26 Å². The maximum absolute atomic E-state index is 8.76. The molecule has 0 amide bonds. The molecule has 1 aromatic rings. The quantitative estimate of drug-likeness (QED) is 0.812. The Kier molecular flexibility index (Phi) is 7.22. The molecule has 1 heterocycles. The van der Waals surface area contributed by atoms with Crippen LogP contribution in [0.3, 0.4) is 0 Å². The van der Waals surface area contributed by atoms with Gasteiger partial charge in [-0.2, -0.15) is 5.26 Å². The molecule has 0 aliphatic heterocycles. The Morgan fingerprint density at radius 2 is 2.26 bits per heavy atom. The Labute approximate surface area is 119 Å². The fourth-order valence-electron chi connectivity index (χ4n) is 1.87. The van der Waals surface area contributed by atoms with Crippen molar-refractivity contribution in [2.75, 3.05) is 19.7 Å². The minimum Gasteiger partial charge on any atom is -0.384 e. The Bertz CT molecular complexity index is 476. The van der Waals surface area contributed by atoms with E-state index in [9.17, 15) is 0 Å². The van der Waals surface area contributed by atoms with Crippen LogP contribution >= 0.6 is 11.3 Å². The second-order valence-corrected chi connectivity index (χ2v) is 5.76. The summed E-state index contributed by atoms with van der Waals surface area (Å²) in [4.78, 5) is 3.50. The molecular formula is C15H20N2OS. The molecule has 1 N–H and O–H groups in total. The molecule has 3 nitrogen and oxygen atoms in total. The lowest BCUT2D eigenvalue weighted by Gasteiger charge is -2.22. The lowest BCUT2D eigenvalue weighted by Crippen LogP contribution is -2.28. The maximum atomic E-state index is 8.76. The molecule has 4 heteroatoms. The fourth-order valence-corrected chi connectivity index (χ4v) is 2.74. The number of hydrogen-bond donors (Lipinski definition) is 1. The van der Waals surface area contributed by atoms with Gasteiger partial charge in [0.25, 0.3) is 0 Å². The van der Waals surface area contributed by atoms with Gasteiger partial charge >= 0.3 is 0 Å². The lowest BCUT2D eigenvalue weighted by molar-refractivity contribution is 0.243. The van der Waals surface area contributed by atoms with Gasteiger partial charge in [-0.1, -0.05) is 25.7 Å². The van der Waals surface area contributed by atoms with Crippen LogP contribution in [0.1, 0.15) is 30.7 Å². The van der Waals surface area contributed by atoms with Crippen molar-refractivity contribution in [3.05, 3.63) is 21.9 Å². The Balaban J connectivity index is 2.72. The summed E-state index contributed by atoms with van der Waals surface area (Å²) >= 11 is 1.68. The molecule has 0 unspecified atom stereocenters. The van der Waals surface area contributed by atoms with Gasteiger partial charge in [-0.3, -0.25) is 4.90 Å². The highest BCUT2D eigenvalue weighted by molar-refractivity contribution is 7.10. The first-order valence-electron chi connectivity index (χ1n) is 6.42. The summed E-state index contributed by atoms with van der Waals surface area (Å²) in [6.45, 7) is 6.85. The van der Waals surface area contributed by atoms with Crippen LogP contribution in [-0.4, -0.2) is 29.7 Å². The molecule has 1 rings (SSSR count). The Morgan fingerprint density at radius 1 is 1.47 bits per heavy atom. The van der Waals surface area contributed by atoms with Gasteiger partial charge in [-0.15, -0.1) is 11.3 Å². The van der Waals surface area contributed by atoms with Crippen LogP contribution in [0.25, 0.3) is 0 Å². The molecule has 0 saturated heterocycles. The van der Waals surface area contributed by atoms with E-state index in [0.29, 0.717) is 12.3 Å². The molecule has 0 fully saturated rings. The lowest BCUT2D eigenvalue weighted by atomic mass is 10.2. The van der Waals surface area contributed by atoms with Crippen molar-refractivity contribution in [3.8, 4) is 17.9 Å². The molecule has 0 radical (unpaired) electrons. The van der Waals surface area contributed by atoms with Crippen LogP contribution in [-0.2, 0) is 6.54 Å². The van der Waals surface area contributed by atoms with Crippen LogP contribution in [0, 0.1) is 29.1 Å². The number of aliphatic hydroxyl groups is 1. The molecule has 0 aromatic carbocycles. The second-order valence-electron chi connectivity index (χ2n) is 4.75. The zero-order valence-corrected chi connectivity index (χ0v) is 12.3. The zero-order valence-electron chi connectivity index (χ0n) is 11.5. The van der Waals surface area contributed by atoms with E-state index in [0.717, 1.165) is 25.2 Å². The summed E-state index contributed by atoms with van der Waals surface area (Å²) in [5.74, 6) is 6.24. The van der Waals surface area contributed by atoms with E-state index in [2.05, 4.69) is 36.7 Å². The number of aliphatic hydroxyl groups excluding tert-OH is 1. The van der Waals surface area contributed by atoms with Crippen LogP contribution in [0.5, 0.6) is 0 Å². The smallest absolute Gasteiger partial charge is 0.104 e. The van der Waals surface area contributed by atoms with Gasteiger partial charge < -0.3 is 5.11 Å². The van der Waals surface area contributed by atoms with E-state index in [1.165, 1.54) is 4.88 Å². The van der Waals surface area contributed by atoms with Crippen molar-refractivity contribution < 1.29 is 5.11 Å². The number of thiophene rings is 1. The molecule has 19 heavy (non-hydrogen) atoms. The molecule has 1 aromatic heterocycles. The first kappa shape index (κ1) is 15.7. The number of nitrogens with zero attached hydrogens (tertiary/aromatic N) is 2. The summed E-state index contributed by atoms with van der Waals surface area (Å²) in [5, 5.41) is 19.5. The molecule has 0 aliphatic rings. The van der Waals surface area contributed by atoms with Crippen molar-refractivity contribution in [2.24, 2.45) is 5.92 Å². The fraction of sp³-hybridized carbons (Fsp3) is 0.533.